The Morgan fingerprint density at radius 2 is 1.87 bits per heavy atom. The van der Waals surface area contributed by atoms with Gasteiger partial charge >= 0.3 is 12.2 Å². The Kier molecular flexibility index (Phi) is 10.6. The Hall–Kier alpha value is -4.34. The summed E-state index contributed by atoms with van der Waals surface area (Å²) in [6, 6.07) is 4.36. The Morgan fingerprint density at radius 3 is 2.49 bits per heavy atom. The number of likely N-dealkylation sites (tertiary alicyclic amines) is 1. The van der Waals surface area contributed by atoms with Crippen LogP contribution in [0.4, 0.5) is 23.9 Å². The molecule has 4 N–H and O–H groups in total. The highest BCUT2D eigenvalue weighted by Gasteiger charge is 2.30. The molecular formula is C29H40F3N9O4. The van der Waals surface area contributed by atoms with Gasteiger partial charge in [-0.25, -0.2) is 9.78 Å². The lowest BCUT2D eigenvalue weighted by Gasteiger charge is -2.36. The number of nitrogens with one attached hydrogen (secondary N) is 2. The fourth-order valence-electron chi connectivity index (χ4n) is 5.51. The number of carbonyl (C=O) groups excluding carboxylic acids is 3. The van der Waals surface area contributed by atoms with Crippen molar-refractivity contribution in [2.24, 2.45) is 5.73 Å². The number of nitrogens with two attached hydrogens (primary N) is 1. The predicted molar refractivity (Wildman–Crippen MR) is 161 cm³/mol. The van der Waals surface area contributed by atoms with Crippen LogP contribution in [0.1, 0.15) is 59.1 Å². The highest BCUT2D eigenvalue weighted by Crippen LogP contribution is 2.31. The van der Waals surface area contributed by atoms with Crippen LogP contribution in [0.2, 0.25) is 0 Å². The van der Waals surface area contributed by atoms with Gasteiger partial charge in [-0.15, -0.1) is 0 Å². The molecule has 3 heterocycles. The van der Waals surface area contributed by atoms with E-state index in [0.29, 0.717) is 80.2 Å². The monoisotopic (exact) mass is 635 g/mol. The lowest BCUT2D eigenvalue weighted by molar-refractivity contribution is -0.138. The molecule has 4 amide bonds. The molecule has 0 unspecified atom stereocenters. The number of aryl methyl sites for hydroxylation is 3. The molecule has 1 aliphatic heterocycles. The van der Waals surface area contributed by atoms with Crippen LogP contribution in [0.15, 0.2) is 18.2 Å². The summed E-state index contributed by atoms with van der Waals surface area (Å²) in [6.45, 7) is 5.75. The van der Waals surface area contributed by atoms with E-state index in [0.717, 1.165) is 0 Å². The number of ether oxygens (including phenoxy) is 1. The van der Waals surface area contributed by atoms with Crippen LogP contribution in [0.25, 0.3) is 11.0 Å². The fraction of sp³-hybridized carbons (Fsp3) is 0.552. The Balaban J connectivity index is 1.43. The van der Waals surface area contributed by atoms with Gasteiger partial charge < -0.3 is 30.2 Å². The van der Waals surface area contributed by atoms with Crippen molar-refractivity contribution in [3.8, 4) is 5.75 Å². The first kappa shape index (κ1) is 33.6. The van der Waals surface area contributed by atoms with Gasteiger partial charge in [-0.1, -0.05) is 0 Å². The smallest absolute Gasteiger partial charge is 0.390 e. The lowest BCUT2D eigenvalue weighted by atomic mass is 10.0. The molecule has 0 radical (unpaired) electrons. The quantitative estimate of drug-likeness (QED) is 0.258. The standard InChI is InChI=1S/C29H40F3N9O4/c1-5-41-22(15-18(2)37-41)26(43)36-27-35-21-16-19(25(33)42)17-23(45-4)24(21)40(27)11-6-10-34-28(44)38(3)20-7-12-39(13-8-20)14-9-29(30,31)32/h15-17,20H,5-14H2,1-4H3,(H2,33,42)(H,34,44)(H,35,36,43). The molecule has 16 heteroatoms. The van der Waals surface area contributed by atoms with Crippen molar-refractivity contribution in [2.45, 2.75) is 64.8 Å². The molecule has 0 saturated carbocycles. The average Bonchev–Trinajstić information content (AvgIpc) is 3.56. The first-order valence-electron chi connectivity index (χ1n) is 14.8. The Labute approximate surface area is 258 Å². The minimum Gasteiger partial charge on any atom is -0.494 e. The lowest BCUT2D eigenvalue weighted by Crippen LogP contribution is -2.49. The zero-order valence-corrected chi connectivity index (χ0v) is 25.9. The van der Waals surface area contributed by atoms with E-state index in [9.17, 15) is 27.6 Å². The molecule has 13 nitrogen and oxygen atoms in total. The zero-order chi connectivity index (χ0) is 32.9. The van der Waals surface area contributed by atoms with Gasteiger partial charge in [0.1, 0.15) is 17.0 Å². The molecule has 4 rings (SSSR count). The van der Waals surface area contributed by atoms with Gasteiger partial charge in [0.15, 0.2) is 0 Å². The average molecular weight is 636 g/mol. The van der Waals surface area contributed by atoms with E-state index in [1.165, 1.54) is 19.2 Å². The van der Waals surface area contributed by atoms with E-state index in [1.807, 2.05) is 6.92 Å². The molecule has 0 aliphatic carbocycles. The van der Waals surface area contributed by atoms with Crippen molar-refractivity contribution < 1.29 is 32.3 Å². The zero-order valence-electron chi connectivity index (χ0n) is 25.9. The number of aromatic nitrogens is 4. The van der Waals surface area contributed by atoms with E-state index in [1.54, 1.807) is 39.1 Å². The number of anilines is 1. The summed E-state index contributed by atoms with van der Waals surface area (Å²) in [4.78, 5) is 46.0. The van der Waals surface area contributed by atoms with E-state index in [2.05, 4.69) is 20.7 Å². The second-order valence-corrected chi connectivity index (χ2v) is 11.1. The van der Waals surface area contributed by atoms with Crippen molar-refractivity contribution in [3.05, 3.63) is 35.2 Å². The summed E-state index contributed by atoms with van der Waals surface area (Å²) >= 11 is 0. The molecule has 0 bridgehead atoms. The van der Waals surface area contributed by atoms with Crippen LogP contribution in [0.5, 0.6) is 5.75 Å². The highest BCUT2D eigenvalue weighted by atomic mass is 19.4. The molecule has 1 aliphatic rings. The van der Waals surface area contributed by atoms with Crippen molar-refractivity contribution >= 4 is 34.8 Å². The third kappa shape index (κ3) is 8.23. The summed E-state index contributed by atoms with van der Waals surface area (Å²) in [5.41, 5.74) is 7.69. The van der Waals surface area contributed by atoms with Gasteiger partial charge in [0.2, 0.25) is 11.9 Å². The first-order valence-corrected chi connectivity index (χ1v) is 14.8. The summed E-state index contributed by atoms with van der Waals surface area (Å²) in [5.74, 6) is -0.509. The number of amides is 4. The predicted octanol–water partition coefficient (Wildman–Crippen LogP) is 3.37. The third-order valence-electron chi connectivity index (χ3n) is 7.94. The summed E-state index contributed by atoms with van der Waals surface area (Å²) < 4.78 is 46.6. The molecule has 3 aromatic rings. The first-order chi connectivity index (χ1) is 21.3. The summed E-state index contributed by atoms with van der Waals surface area (Å²) in [6.07, 6.45) is -3.38. The maximum atomic E-state index is 13.3. The topological polar surface area (TPSA) is 153 Å². The molecule has 2 aromatic heterocycles. The number of nitrogens with zero attached hydrogens (tertiary/aromatic N) is 6. The largest absolute Gasteiger partial charge is 0.494 e. The highest BCUT2D eigenvalue weighted by molar-refractivity contribution is 6.04. The van der Waals surface area contributed by atoms with Gasteiger partial charge in [0.05, 0.1) is 24.7 Å². The number of primary amides is 1. The summed E-state index contributed by atoms with van der Waals surface area (Å²) in [5, 5.41) is 10.1. The molecule has 1 fully saturated rings. The number of piperidine rings is 1. The van der Waals surface area contributed by atoms with Crippen LogP contribution in [-0.2, 0) is 13.1 Å². The number of benzene rings is 1. The number of carbonyl (C=O) groups is 3. The Bertz CT molecular complexity index is 1530. The minimum absolute atomic E-state index is 0.0337. The van der Waals surface area contributed by atoms with Crippen LogP contribution < -0.4 is 21.1 Å². The number of methoxy groups -OCH3 is 1. The molecule has 0 spiro atoms. The van der Waals surface area contributed by atoms with Crippen molar-refractivity contribution in [1.82, 2.24) is 34.4 Å². The maximum Gasteiger partial charge on any atom is 0.390 e. The minimum atomic E-state index is -4.18. The van der Waals surface area contributed by atoms with Gasteiger partial charge in [0.25, 0.3) is 5.91 Å². The molecule has 1 saturated heterocycles. The summed E-state index contributed by atoms with van der Waals surface area (Å²) in [7, 11) is 3.14. The fourth-order valence-corrected chi connectivity index (χ4v) is 5.51. The van der Waals surface area contributed by atoms with Crippen LogP contribution in [0.3, 0.4) is 0 Å². The molecule has 45 heavy (non-hydrogen) atoms. The molecule has 246 valence electrons. The second-order valence-electron chi connectivity index (χ2n) is 11.1. The van der Waals surface area contributed by atoms with E-state index in [4.69, 9.17) is 10.5 Å². The van der Waals surface area contributed by atoms with E-state index < -0.39 is 24.4 Å². The molecular weight excluding hydrogens is 595 g/mol. The van der Waals surface area contributed by atoms with Crippen molar-refractivity contribution in [1.29, 1.82) is 0 Å². The number of fused-ring (bicyclic) bond motifs is 1. The SMILES string of the molecule is CCn1nc(C)cc1C(=O)Nc1nc2cc(C(N)=O)cc(OC)c2n1CCCNC(=O)N(C)C1CCN(CCC(F)(F)F)CC1. The normalized spacial score (nSPS) is 14.5. The van der Waals surface area contributed by atoms with Crippen molar-refractivity contribution in [2.75, 3.05) is 45.7 Å². The molecule has 1 aromatic carbocycles. The van der Waals surface area contributed by atoms with Crippen LogP contribution in [-0.4, -0.2) is 99.5 Å². The second kappa shape index (κ2) is 14.2. The van der Waals surface area contributed by atoms with Crippen molar-refractivity contribution in [3.63, 3.8) is 0 Å². The van der Waals surface area contributed by atoms with Gasteiger partial charge in [0, 0.05) is 57.9 Å². The molecule has 0 atom stereocenters. The number of hydrogen-bond donors (Lipinski definition) is 3. The number of rotatable bonds is 12. The van der Waals surface area contributed by atoms with E-state index in [-0.39, 0.29) is 30.1 Å². The number of halogens is 3. The maximum absolute atomic E-state index is 13.3. The number of urea groups is 1. The number of imidazole rings is 1. The Morgan fingerprint density at radius 1 is 1.16 bits per heavy atom. The van der Waals surface area contributed by atoms with Crippen LogP contribution >= 0.6 is 0 Å². The number of hydrogen-bond acceptors (Lipinski definition) is 7. The number of alkyl halides is 3. The van der Waals surface area contributed by atoms with E-state index >= 15 is 0 Å². The van der Waals surface area contributed by atoms with Gasteiger partial charge in [-0.3, -0.25) is 19.6 Å². The third-order valence-corrected chi connectivity index (χ3v) is 7.94. The van der Waals surface area contributed by atoms with Gasteiger partial charge in [-0.05, 0) is 51.3 Å². The van der Waals surface area contributed by atoms with Gasteiger partial charge in [-0.2, -0.15) is 18.3 Å². The van der Waals surface area contributed by atoms with Crippen LogP contribution in [0, 0.1) is 6.92 Å².